The molecule has 9 heteroatoms. The number of ether oxygens (including phenoxy) is 1. The number of carbonyl (C=O) groups is 2. The number of fused-ring (bicyclic) bond motifs is 1. The van der Waals surface area contributed by atoms with E-state index in [-0.39, 0.29) is 22.6 Å². The lowest BCUT2D eigenvalue weighted by Crippen LogP contribution is -2.46. The van der Waals surface area contributed by atoms with Gasteiger partial charge >= 0.3 is 11.7 Å². The van der Waals surface area contributed by atoms with Gasteiger partial charge in [0.25, 0.3) is 5.56 Å². The summed E-state index contributed by atoms with van der Waals surface area (Å²) in [5.74, 6) is -1.14. The highest BCUT2D eigenvalue weighted by molar-refractivity contribution is 6.02. The number of nitrogens with zero attached hydrogens (tertiary/aromatic N) is 3. The predicted octanol–water partition coefficient (Wildman–Crippen LogP) is 2.09. The van der Waals surface area contributed by atoms with Gasteiger partial charge in [0, 0.05) is 11.7 Å². The molecule has 9 nitrogen and oxygen atoms in total. The summed E-state index contributed by atoms with van der Waals surface area (Å²) in [4.78, 5) is 56.6. The molecule has 0 unspecified atom stereocenters. The Labute approximate surface area is 190 Å². The van der Waals surface area contributed by atoms with Crippen molar-refractivity contribution in [1.29, 1.82) is 0 Å². The second-order valence-electron chi connectivity index (χ2n) is 8.25. The number of nitrogens with one attached hydrogen (secondary N) is 1. The maximum atomic E-state index is 13.5. The lowest BCUT2D eigenvalue weighted by Gasteiger charge is -2.23. The molecule has 33 heavy (non-hydrogen) atoms. The van der Waals surface area contributed by atoms with E-state index >= 15 is 0 Å². The molecule has 0 aliphatic heterocycles. The molecule has 0 saturated heterocycles. The summed E-state index contributed by atoms with van der Waals surface area (Å²) in [6, 6.07) is 10.2. The summed E-state index contributed by atoms with van der Waals surface area (Å²) < 4.78 is 6.98. The number of hydrogen-bond acceptors (Lipinski definition) is 6. The van der Waals surface area contributed by atoms with Crippen molar-refractivity contribution in [1.82, 2.24) is 19.4 Å². The fraction of sp³-hybridized carbons (Fsp3) is 0.375. The van der Waals surface area contributed by atoms with Crippen LogP contribution in [0.2, 0.25) is 0 Å². The molecule has 172 valence electrons. The van der Waals surface area contributed by atoms with Gasteiger partial charge in [0.2, 0.25) is 5.91 Å². The van der Waals surface area contributed by atoms with E-state index in [1.807, 2.05) is 0 Å². The number of amides is 1. The first-order chi connectivity index (χ1) is 15.9. The van der Waals surface area contributed by atoms with Gasteiger partial charge in [0.05, 0.1) is 23.7 Å². The number of para-hydroxylation sites is 1. The average molecular weight is 450 g/mol. The zero-order chi connectivity index (χ0) is 23.5. The lowest BCUT2D eigenvalue weighted by molar-refractivity contribution is -0.122. The van der Waals surface area contributed by atoms with E-state index < -0.39 is 29.7 Å². The molecule has 0 spiro atoms. The quantitative estimate of drug-likeness (QED) is 0.596. The SMILES string of the molecule is COC(=O)c1cc(C)nc2c1c(=O)n(CC(=O)NC1CCCCC1)c(=O)n2-c1ccccc1. The molecule has 1 saturated carbocycles. The third kappa shape index (κ3) is 4.44. The summed E-state index contributed by atoms with van der Waals surface area (Å²) in [5.41, 5.74) is -0.515. The van der Waals surface area contributed by atoms with E-state index in [0.29, 0.717) is 11.4 Å². The van der Waals surface area contributed by atoms with Crippen LogP contribution in [0.3, 0.4) is 0 Å². The monoisotopic (exact) mass is 450 g/mol. The summed E-state index contributed by atoms with van der Waals surface area (Å²) in [6.07, 6.45) is 4.97. The second kappa shape index (κ2) is 9.40. The summed E-state index contributed by atoms with van der Waals surface area (Å²) in [5, 5.41) is 2.86. The van der Waals surface area contributed by atoms with Gasteiger partial charge in [0.15, 0.2) is 5.65 Å². The maximum Gasteiger partial charge on any atom is 0.338 e. The van der Waals surface area contributed by atoms with Crippen LogP contribution in [0.4, 0.5) is 0 Å². The Hall–Kier alpha value is -3.75. The molecule has 1 fully saturated rings. The minimum Gasteiger partial charge on any atom is -0.465 e. The van der Waals surface area contributed by atoms with Crippen molar-refractivity contribution in [3.8, 4) is 5.69 Å². The molecule has 2 aromatic heterocycles. The summed E-state index contributed by atoms with van der Waals surface area (Å²) >= 11 is 0. The van der Waals surface area contributed by atoms with Gasteiger partial charge in [-0.05, 0) is 38.0 Å². The molecular formula is C24H26N4O5. The molecular weight excluding hydrogens is 424 g/mol. The van der Waals surface area contributed by atoms with Gasteiger partial charge in [0.1, 0.15) is 6.54 Å². The molecule has 3 aromatic rings. The van der Waals surface area contributed by atoms with Crippen molar-refractivity contribution >= 4 is 22.9 Å². The van der Waals surface area contributed by atoms with Crippen molar-refractivity contribution in [3.63, 3.8) is 0 Å². The summed E-state index contributed by atoms with van der Waals surface area (Å²) in [6.45, 7) is 1.21. The van der Waals surface area contributed by atoms with Crippen molar-refractivity contribution in [2.24, 2.45) is 0 Å². The molecule has 1 aromatic carbocycles. The van der Waals surface area contributed by atoms with Crippen LogP contribution in [-0.4, -0.2) is 39.1 Å². The van der Waals surface area contributed by atoms with Crippen molar-refractivity contribution < 1.29 is 14.3 Å². The van der Waals surface area contributed by atoms with Crippen molar-refractivity contribution in [2.45, 2.75) is 51.6 Å². The number of aromatic nitrogens is 3. The Bertz CT molecular complexity index is 1320. The average Bonchev–Trinajstić information content (AvgIpc) is 2.82. The van der Waals surface area contributed by atoms with Crippen LogP contribution in [-0.2, 0) is 16.1 Å². The number of hydrogen-bond donors (Lipinski definition) is 1. The Morgan fingerprint density at radius 1 is 1.12 bits per heavy atom. The predicted molar refractivity (Wildman–Crippen MR) is 123 cm³/mol. The van der Waals surface area contributed by atoms with E-state index in [1.54, 1.807) is 37.3 Å². The molecule has 0 radical (unpaired) electrons. The highest BCUT2D eigenvalue weighted by Gasteiger charge is 2.24. The van der Waals surface area contributed by atoms with E-state index in [2.05, 4.69) is 10.3 Å². The van der Waals surface area contributed by atoms with Crippen LogP contribution in [0.5, 0.6) is 0 Å². The third-order valence-corrected chi connectivity index (χ3v) is 5.91. The number of carbonyl (C=O) groups excluding carboxylic acids is 2. The van der Waals surface area contributed by atoms with Gasteiger partial charge in [-0.3, -0.25) is 9.59 Å². The number of esters is 1. The first kappa shape index (κ1) is 22.4. The molecule has 2 heterocycles. The number of pyridine rings is 1. The second-order valence-corrected chi connectivity index (χ2v) is 8.25. The van der Waals surface area contributed by atoms with Gasteiger partial charge in [-0.15, -0.1) is 0 Å². The summed E-state index contributed by atoms with van der Waals surface area (Å²) in [7, 11) is 1.22. The van der Waals surface area contributed by atoms with Crippen molar-refractivity contribution in [3.05, 3.63) is 68.5 Å². The number of aryl methyl sites for hydroxylation is 1. The Morgan fingerprint density at radius 2 is 1.82 bits per heavy atom. The van der Waals surface area contributed by atoms with Crippen LogP contribution in [0.1, 0.15) is 48.2 Å². The smallest absolute Gasteiger partial charge is 0.338 e. The minimum absolute atomic E-state index is 0.00359. The van der Waals surface area contributed by atoms with E-state index in [4.69, 9.17) is 4.74 Å². The fourth-order valence-electron chi connectivity index (χ4n) is 4.35. The minimum atomic E-state index is -0.756. The molecule has 1 aliphatic rings. The first-order valence-corrected chi connectivity index (χ1v) is 11.0. The van der Waals surface area contributed by atoms with Gasteiger partial charge in [-0.1, -0.05) is 37.5 Å². The van der Waals surface area contributed by atoms with Gasteiger partial charge in [-0.2, -0.15) is 0 Å². The first-order valence-electron chi connectivity index (χ1n) is 11.0. The standard InChI is InChI=1S/C24H26N4O5/c1-15-13-18(23(31)33-2)20-21(25-15)28(17-11-7-4-8-12-17)24(32)27(22(20)30)14-19(29)26-16-9-5-3-6-10-16/h4,7-8,11-13,16H,3,5-6,9-10,14H2,1-2H3,(H,26,29). The third-order valence-electron chi connectivity index (χ3n) is 5.91. The Morgan fingerprint density at radius 3 is 2.48 bits per heavy atom. The van der Waals surface area contributed by atoms with Crippen molar-refractivity contribution in [2.75, 3.05) is 7.11 Å². The van der Waals surface area contributed by atoms with Crippen LogP contribution < -0.4 is 16.6 Å². The molecule has 4 rings (SSSR count). The highest BCUT2D eigenvalue weighted by Crippen LogP contribution is 2.19. The molecule has 1 N–H and O–H groups in total. The van der Waals surface area contributed by atoms with Crippen LogP contribution in [0, 0.1) is 6.92 Å². The highest BCUT2D eigenvalue weighted by atomic mass is 16.5. The maximum absolute atomic E-state index is 13.5. The molecule has 1 amide bonds. The van der Waals surface area contributed by atoms with Crippen LogP contribution in [0.15, 0.2) is 46.0 Å². The van der Waals surface area contributed by atoms with Gasteiger partial charge < -0.3 is 10.1 Å². The largest absolute Gasteiger partial charge is 0.465 e. The Kier molecular flexibility index (Phi) is 6.39. The van der Waals surface area contributed by atoms with E-state index in [0.717, 1.165) is 36.7 Å². The lowest BCUT2D eigenvalue weighted by atomic mass is 9.95. The zero-order valence-electron chi connectivity index (χ0n) is 18.7. The Balaban J connectivity index is 1.92. The van der Waals surface area contributed by atoms with Crippen LogP contribution >= 0.6 is 0 Å². The van der Waals surface area contributed by atoms with Gasteiger partial charge in [-0.25, -0.2) is 23.7 Å². The van der Waals surface area contributed by atoms with Crippen LogP contribution in [0.25, 0.3) is 16.7 Å². The van der Waals surface area contributed by atoms with E-state index in [1.165, 1.54) is 17.7 Å². The number of benzene rings is 1. The number of rotatable bonds is 5. The topological polar surface area (TPSA) is 112 Å². The zero-order valence-corrected chi connectivity index (χ0v) is 18.7. The number of methoxy groups -OCH3 is 1. The fourth-order valence-corrected chi connectivity index (χ4v) is 4.35. The van der Waals surface area contributed by atoms with E-state index in [9.17, 15) is 19.2 Å². The molecule has 0 bridgehead atoms. The molecule has 0 atom stereocenters. The normalized spacial score (nSPS) is 14.2. The molecule has 1 aliphatic carbocycles.